The number of nitrogens with zero attached hydrogens (tertiary/aromatic N) is 4. The molecule has 30 heavy (non-hydrogen) atoms. The second-order valence-corrected chi connectivity index (χ2v) is 8.59. The van der Waals surface area contributed by atoms with Crippen molar-refractivity contribution in [3.63, 3.8) is 0 Å². The van der Waals surface area contributed by atoms with Crippen molar-refractivity contribution in [2.45, 2.75) is 11.6 Å². The number of halogens is 1. The summed E-state index contributed by atoms with van der Waals surface area (Å²) in [4.78, 5) is 4.04. The van der Waals surface area contributed by atoms with Crippen LogP contribution >= 0.6 is 0 Å². The summed E-state index contributed by atoms with van der Waals surface area (Å²) in [5, 5.41) is 11.5. The van der Waals surface area contributed by atoms with Gasteiger partial charge in [0.05, 0.1) is 7.11 Å². The van der Waals surface area contributed by atoms with Crippen LogP contribution in [0.1, 0.15) is 5.56 Å². The van der Waals surface area contributed by atoms with Gasteiger partial charge in [-0.15, -0.1) is 10.2 Å². The minimum Gasteiger partial charge on any atom is -0.496 e. The largest absolute Gasteiger partial charge is 0.496 e. The van der Waals surface area contributed by atoms with Crippen molar-refractivity contribution in [2.24, 2.45) is 0 Å². The van der Waals surface area contributed by atoms with Crippen LogP contribution in [0.2, 0.25) is 0 Å². The Balaban J connectivity index is 1.65. The van der Waals surface area contributed by atoms with Gasteiger partial charge in [-0.05, 0) is 30.3 Å². The molecule has 3 aromatic heterocycles. The van der Waals surface area contributed by atoms with Gasteiger partial charge in [0.25, 0.3) is 0 Å². The molecular formula is C20H18FN5O3S. The predicted molar refractivity (Wildman–Crippen MR) is 110 cm³/mol. The van der Waals surface area contributed by atoms with E-state index in [-0.39, 0.29) is 10.8 Å². The molecule has 0 spiro atoms. The molecular weight excluding hydrogens is 409 g/mol. The van der Waals surface area contributed by atoms with E-state index in [2.05, 4.69) is 20.5 Å². The highest BCUT2D eigenvalue weighted by Gasteiger charge is 2.13. The number of fused-ring (bicyclic) bond motifs is 1. The van der Waals surface area contributed by atoms with Crippen molar-refractivity contribution in [3.8, 4) is 16.9 Å². The predicted octanol–water partition coefficient (Wildman–Crippen LogP) is 2.95. The Kier molecular flexibility index (Phi) is 5.08. The van der Waals surface area contributed by atoms with E-state index in [1.807, 2.05) is 12.1 Å². The number of hydrogen-bond donors (Lipinski definition) is 1. The maximum atomic E-state index is 13.4. The van der Waals surface area contributed by atoms with Gasteiger partial charge >= 0.3 is 0 Å². The first-order chi connectivity index (χ1) is 14.4. The van der Waals surface area contributed by atoms with Crippen molar-refractivity contribution in [1.82, 2.24) is 19.6 Å². The van der Waals surface area contributed by atoms with Crippen LogP contribution in [0.15, 0.2) is 60.0 Å². The Morgan fingerprint density at radius 1 is 1.17 bits per heavy atom. The number of ether oxygens (including phenoxy) is 1. The average Bonchev–Trinajstić information content (AvgIpc) is 3.22. The molecule has 4 rings (SSSR count). The van der Waals surface area contributed by atoms with Gasteiger partial charge in [-0.3, -0.25) is 4.40 Å². The molecule has 1 N–H and O–H groups in total. The fraction of sp³-hybridized carbons (Fsp3) is 0.150. The highest BCUT2D eigenvalue weighted by atomic mass is 32.2. The van der Waals surface area contributed by atoms with Crippen molar-refractivity contribution in [1.29, 1.82) is 0 Å². The van der Waals surface area contributed by atoms with Crippen LogP contribution in [0.4, 0.5) is 10.2 Å². The van der Waals surface area contributed by atoms with Crippen molar-refractivity contribution in [3.05, 3.63) is 66.4 Å². The summed E-state index contributed by atoms with van der Waals surface area (Å²) in [6.07, 6.45) is 4.18. The van der Waals surface area contributed by atoms with E-state index in [1.165, 1.54) is 31.5 Å². The number of benzene rings is 1. The maximum absolute atomic E-state index is 13.4. The first-order valence-corrected chi connectivity index (χ1v) is 10.8. The normalized spacial score (nSPS) is 11.6. The second kappa shape index (κ2) is 7.71. The molecule has 10 heteroatoms. The zero-order valence-electron chi connectivity index (χ0n) is 16.2. The Morgan fingerprint density at radius 2 is 2.00 bits per heavy atom. The number of anilines is 1. The van der Waals surface area contributed by atoms with E-state index in [4.69, 9.17) is 4.74 Å². The molecule has 0 amide bonds. The molecule has 0 aliphatic carbocycles. The molecule has 4 aromatic rings. The van der Waals surface area contributed by atoms with Gasteiger partial charge in [0.2, 0.25) is 0 Å². The molecule has 0 radical (unpaired) electrons. The molecule has 0 aliphatic heterocycles. The lowest BCUT2D eigenvalue weighted by molar-refractivity contribution is 0.406. The molecule has 0 saturated heterocycles. The van der Waals surface area contributed by atoms with Gasteiger partial charge in [0.15, 0.2) is 20.5 Å². The van der Waals surface area contributed by atoms with Crippen molar-refractivity contribution >= 4 is 21.3 Å². The lowest BCUT2D eigenvalue weighted by Gasteiger charge is -2.13. The quantitative estimate of drug-likeness (QED) is 0.505. The minimum atomic E-state index is -3.37. The van der Waals surface area contributed by atoms with Crippen LogP contribution in [0.25, 0.3) is 16.8 Å². The number of aromatic nitrogens is 4. The lowest BCUT2D eigenvalue weighted by Crippen LogP contribution is -2.06. The lowest BCUT2D eigenvalue weighted by atomic mass is 10.1. The third-order valence-corrected chi connectivity index (χ3v) is 5.59. The third-order valence-electron chi connectivity index (χ3n) is 4.59. The Labute approximate surface area is 172 Å². The maximum Gasteiger partial charge on any atom is 0.192 e. The summed E-state index contributed by atoms with van der Waals surface area (Å²) < 4.78 is 43.7. The van der Waals surface area contributed by atoms with Gasteiger partial charge in [-0.1, -0.05) is 6.07 Å². The molecule has 3 heterocycles. The molecule has 0 fully saturated rings. The van der Waals surface area contributed by atoms with Gasteiger partial charge < -0.3 is 10.1 Å². The van der Waals surface area contributed by atoms with Crippen LogP contribution in [-0.4, -0.2) is 41.4 Å². The van der Waals surface area contributed by atoms with E-state index >= 15 is 0 Å². The van der Waals surface area contributed by atoms with Crippen LogP contribution < -0.4 is 10.1 Å². The van der Waals surface area contributed by atoms with Gasteiger partial charge in [-0.25, -0.2) is 17.8 Å². The van der Waals surface area contributed by atoms with E-state index < -0.39 is 9.84 Å². The number of rotatable bonds is 6. The number of sulfone groups is 1. The number of methoxy groups -OCH3 is 1. The fourth-order valence-corrected chi connectivity index (χ4v) is 3.65. The van der Waals surface area contributed by atoms with Gasteiger partial charge in [-0.2, -0.15) is 0 Å². The van der Waals surface area contributed by atoms with Crippen molar-refractivity contribution in [2.75, 3.05) is 18.7 Å². The number of hydrogen-bond acceptors (Lipinski definition) is 7. The number of pyridine rings is 2. The standard InChI is InChI=1S/C20H18FN5O3S/c1-29-17-9-15(21)5-3-14(17)11-22-18-7-6-16(20-25-24-12-26(18)20)13-4-8-19(23-10-13)30(2,27)28/h3-10,12,22H,11H2,1-2H3. The molecule has 1 aromatic carbocycles. The second-order valence-electron chi connectivity index (χ2n) is 6.62. The highest BCUT2D eigenvalue weighted by molar-refractivity contribution is 7.90. The Hall–Kier alpha value is -3.53. The number of nitrogens with one attached hydrogen (secondary N) is 1. The molecule has 154 valence electrons. The summed E-state index contributed by atoms with van der Waals surface area (Å²) in [5.74, 6) is 0.818. The van der Waals surface area contributed by atoms with E-state index in [0.29, 0.717) is 23.5 Å². The van der Waals surface area contributed by atoms with E-state index in [0.717, 1.165) is 23.2 Å². The summed E-state index contributed by atoms with van der Waals surface area (Å²) in [6.45, 7) is 0.403. The molecule has 0 bridgehead atoms. The van der Waals surface area contributed by atoms with Crippen LogP contribution in [0.5, 0.6) is 5.75 Å². The Bertz CT molecular complexity index is 1320. The van der Waals surface area contributed by atoms with Gasteiger partial charge in [0.1, 0.15) is 23.7 Å². The summed E-state index contributed by atoms with van der Waals surface area (Å²) >= 11 is 0. The first kappa shape index (κ1) is 19.8. The Morgan fingerprint density at radius 3 is 2.70 bits per heavy atom. The monoisotopic (exact) mass is 427 g/mol. The van der Waals surface area contributed by atoms with Crippen LogP contribution in [0, 0.1) is 5.82 Å². The van der Waals surface area contributed by atoms with E-state index in [1.54, 1.807) is 22.9 Å². The fourth-order valence-electron chi connectivity index (χ4n) is 3.09. The SMILES string of the molecule is COc1cc(F)ccc1CNc1ccc(-c2ccc(S(C)(=O)=O)nc2)c2nncn12. The zero-order valence-corrected chi connectivity index (χ0v) is 17.0. The van der Waals surface area contributed by atoms with Crippen LogP contribution in [0.3, 0.4) is 0 Å². The zero-order chi connectivity index (χ0) is 21.3. The van der Waals surface area contributed by atoms with Crippen LogP contribution in [-0.2, 0) is 16.4 Å². The smallest absolute Gasteiger partial charge is 0.192 e. The molecule has 0 saturated carbocycles. The third kappa shape index (κ3) is 3.81. The molecule has 0 atom stereocenters. The summed E-state index contributed by atoms with van der Waals surface area (Å²) in [6, 6.07) is 11.2. The summed E-state index contributed by atoms with van der Waals surface area (Å²) in [7, 11) is -1.88. The van der Waals surface area contributed by atoms with Gasteiger partial charge in [0, 0.05) is 41.8 Å². The molecule has 8 nitrogen and oxygen atoms in total. The first-order valence-electron chi connectivity index (χ1n) is 8.92. The minimum absolute atomic E-state index is 0.00951. The molecule has 0 unspecified atom stereocenters. The van der Waals surface area contributed by atoms with E-state index in [9.17, 15) is 12.8 Å². The molecule has 0 aliphatic rings. The summed E-state index contributed by atoms with van der Waals surface area (Å²) in [5.41, 5.74) is 2.85. The average molecular weight is 427 g/mol. The topological polar surface area (TPSA) is 98.5 Å². The van der Waals surface area contributed by atoms with Crippen molar-refractivity contribution < 1.29 is 17.5 Å². The highest BCUT2D eigenvalue weighted by Crippen LogP contribution is 2.27.